The molecule has 0 bridgehead atoms. The van der Waals surface area contributed by atoms with Gasteiger partial charge in [-0.2, -0.15) is 5.10 Å². The number of thioether (sulfide) groups is 1. The normalized spacial score (nSPS) is 11.4. The van der Waals surface area contributed by atoms with Gasteiger partial charge in [0.05, 0.1) is 11.3 Å². The summed E-state index contributed by atoms with van der Waals surface area (Å²) < 4.78 is 8.43. The number of nitrogens with one attached hydrogen (secondary N) is 2. The van der Waals surface area contributed by atoms with Crippen LogP contribution >= 0.6 is 23.1 Å². The Morgan fingerprint density at radius 3 is 2.97 bits per heavy atom. The van der Waals surface area contributed by atoms with Crippen LogP contribution in [-0.2, 0) is 16.1 Å². The van der Waals surface area contributed by atoms with E-state index in [2.05, 4.69) is 15.5 Å². The number of amides is 1. The number of anilines is 1. The van der Waals surface area contributed by atoms with Crippen molar-refractivity contribution in [3.05, 3.63) is 46.4 Å². The average molecular weight is 444 g/mol. The summed E-state index contributed by atoms with van der Waals surface area (Å²) >= 11 is 2.70. The molecule has 4 rings (SSSR count). The highest BCUT2D eigenvalue weighted by atomic mass is 32.2. The van der Waals surface area contributed by atoms with E-state index in [-0.39, 0.29) is 17.2 Å². The molecule has 1 aromatic carbocycles. The summed E-state index contributed by atoms with van der Waals surface area (Å²) in [4.78, 5) is 30.4. The molecule has 10 heteroatoms. The largest absolute Gasteiger partial charge is 0.385 e. The van der Waals surface area contributed by atoms with Crippen molar-refractivity contribution in [2.75, 3.05) is 24.8 Å². The molecule has 30 heavy (non-hydrogen) atoms. The predicted molar refractivity (Wildman–Crippen MR) is 121 cm³/mol. The lowest BCUT2D eigenvalue weighted by Crippen LogP contribution is -2.24. The molecule has 0 fully saturated rings. The zero-order chi connectivity index (χ0) is 21.1. The van der Waals surface area contributed by atoms with E-state index >= 15 is 0 Å². The average Bonchev–Trinajstić information content (AvgIpc) is 3.31. The number of benzene rings is 1. The molecule has 2 N–H and O–H groups in total. The second kappa shape index (κ2) is 8.99. The van der Waals surface area contributed by atoms with E-state index in [1.807, 2.05) is 31.2 Å². The minimum absolute atomic E-state index is 0.0804. The minimum atomic E-state index is -0.209. The summed E-state index contributed by atoms with van der Waals surface area (Å²) in [6.45, 7) is 2.88. The maximum atomic E-state index is 13.2. The second-order valence-electron chi connectivity index (χ2n) is 6.75. The van der Waals surface area contributed by atoms with Gasteiger partial charge < -0.3 is 10.1 Å². The lowest BCUT2D eigenvalue weighted by molar-refractivity contribution is -0.113. The Labute approximate surface area is 180 Å². The number of carbonyl (C=O) groups is 1. The number of aromatic nitrogens is 4. The number of fused-ring (bicyclic) bond motifs is 3. The lowest BCUT2D eigenvalue weighted by Gasteiger charge is -2.11. The van der Waals surface area contributed by atoms with Gasteiger partial charge in [-0.3, -0.25) is 19.3 Å². The summed E-state index contributed by atoms with van der Waals surface area (Å²) in [6, 6.07) is 9.60. The van der Waals surface area contributed by atoms with E-state index in [9.17, 15) is 9.59 Å². The van der Waals surface area contributed by atoms with Gasteiger partial charge in [0.2, 0.25) is 5.91 Å². The van der Waals surface area contributed by atoms with Crippen molar-refractivity contribution in [3.63, 3.8) is 0 Å². The number of aryl methyl sites for hydroxylation is 1. The van der Waals surface area contributed by atoms with E-state index < -0.39 is 0 Å². The third-order valence-electron chi connectivity index (χ3n) is 4.48. The smallest absolute Gasteiger partial charge is 0.272 e. The monoisotopic (exact) mass is 443 g/mol. The van der Waals surface area contributed by atoms with Crippen LogP contribution in [0.3, 0.4) is 0 Å². The van der Waals surface area contributed by atoms with Crippen molar-refractivity contribution in [2.45, 2.75) is 25.0 Å². The van der Waals surface area contributed by atoms with Crippen LogP contribution in [0, 0.1) is 6.92 Å². The van der Waals surface area contributed by atoms with E-state index in [1.165, 1.54) is 23.1 Å². The van der Waals surface area contributed by atoms with Crippen LogP contribution in [0.5, 0.6) is 0 Å². The van der Waals surface area contributed by atoms with Crippen molar-refractivity contribution >= 4 is 55.1 Å². The van der Waals surface area contributed by atoms with Crippen LogP contribution in [0.2, 0.25) is 0 Å². The van der Waals surface area contributed by atoms with Crippen molar-refractivity contribution in [1.29, 1.82) is 0 Å². The molecular formula is C20H21N5O3S2. The molecule has 0 radical (unpaired) electrons. The van der Waals surface area contributed by atoms with Gasteiger partial charge in [0.25, 0.3) is 5.56 Å². The predicted octanol–water partition coefficient (Wildman–Crippen LogP) is 3.41. The summed E-state index contributed by atoms with van der Waals surface area (Å²) in [5.74, 6) is 0.387. The fourth-order valence-corrected chi connectivity index (χ4v) is 5.03. The van der Waals surface area contributed by atoms with Gasteiger partial charge in [0.15, 0.2) is 11.0 Å². The Morgan fingerprint density at radius 1 is 1.37 bits per heavy atom. The molecule has 0 aliphatic rings. The Balaban J connectivity index is 1.65. The number of hydrogen-bond donors (Lipinski definition) is 2. The van der Waals surface area contributed by atoms with Gasteiger partial charge in [0.1, 0.15) is 4.70 Å². The third-order valence-corrected chi connectivity index (χ3v) is 6.61. The molecule has 0 unspecified atom stereocenters. The number of carbonyl (C=O) groups excluding carboxylic acids is 1. The lowest BCUT2D eigenvalue weighted by atomic mass is 10.2. The first-order valence-electron chi connectivity index (χ1n) is 9.42. The zero-order valence-corrected chi connectivity index (χ0v) is 18.2. The number of thiophene rings is 1. The fourth-order valence-electron chi connectivity index (χ4n) is 3.12. The molecule has 0 spiro atoms. The summed E-state index contributed by atoms with van der Waals surface area (Å²) in [7, 11) is 1.63. The highest BCUT2D eigenvalue weighted by molar-refractivity contribution is 7.99. The van der Waals surface area contributed by atoms with Crippen LogP contribution in [0.4, 0.5) is 5.82 Å². The van der Waals surface area contributed by atoms with Crippen LogP contribution in [0.15, 0.2) is 40.3 Å². The topological polar surface area (TPSA) is 102 Å². The van der Waals surface area contributed by atoms with Crippen molar-refractivity contribution in [2.24, 2.45) is 0 Å². The molecule has 4 aromatic rings. The Morgan fingerprint density at radius 2 is 2.20 bits per heavy atom. The number of hydrogen-bond acceptors (Lipinski definition) is 7. The second-order valence-corrected chi connectivity index (χ2v) is 8.74. The third kappa shape index (κ3) is 4.25. The maximum Gasteiger partial charge on any atom is 0.272 e. The van der Waals surface area contributed by atoms with Gasteiger partial charge in [-0.15, -0.1) is 11.3 Å². The molecule has 3 heterocycles. The van der Waals surface area contributed by atoms with E-state index in [1.54, 1.807) is 17.7 Å². The first kappa shape index (κ1) is 20.6. The Kier molecular flexibility index (Phi) is 6.16. The number of rotatable bonds is 8. The first-order valence-corrected chi connectivity index (χ1v) is 11.2. The van der Waals surface area contributed by atoms with Crippen molar-refractivity contribution in [1.82, 2.24) is 19.7 Å². The quantitative estimate of drug-likeness (QED) is 0.246. The zero-order valence-electron chi connectivity index (χ0n) is 16.6. The maximum absolute atomic E-state index is 13.2. The van der Waals surface area contributed by atoms with Gasteiger partial charge in [-0.1, -0.05) is 30.0 Å². The molecule has 8 nitrogen and oxygen atoms in total. The molecular weight excluding hydrogens is 422 g/mol. The number of H-pyrrole nitrogens is 1. The van der Waals surface area contributed by atoms with Crippen molar-refractivity contribution in [3.8, 4) is 0 Å². The fraction of sp³-hybridized carbons (Fsp3) is 0.300. The first-order chi connectivity index (χ1) is 14.6. The SMILES string of the molecule is COCCCn1c(SCC(=O)Nc2cc(C)[nH]n2)nc2c(sc3ccccc32)c1=O. The van der Waals surface area contributed by atoms with Crippen LogP contribution in [-0.4, -0.2) is 45.1 Å². The summed E-state index contributed by atoms with van der Waals surface area (Å²) in [6.07, 6.45) is 0.681. The molecule has 3 aromatic heterocycles. The van der Waals surface area contributed by atoms with Crippen LogP contribution in [0.25, 0.3) is 20.3 Å². The molecule has 0 saturated carbocycles. The number of aromatic amines is 1. The van der Waals surface area contributed by atoms with Gasteiger partial charge in [-0.25, -0.2) is 4.98 Å². The highest BCUT2D eigenvalue weighted by Gasteiger charge is 2.17. The summed E-state index contributed by atoms with van der Waals surface area (Å²) in [5.41, 5.74) is 1.47. The molecule has 0 atom stereocenters. The molecule has 0 saturated heterocycles. The number of nitrogens with zero attached hydrogens (tertiary/aromatic N) is 3. The standard InChI is InChI=1S/C20H21N5O3S2/c1-12-10-15(24-23-12)21-16(26)11-29-20-22-17-13-6-3-4-7-14(13)30-18(17)19(27)25(20)8-5-9-28-2/h3-4,6-7,10H,5,8-9,11H2,1-2H3,(H2,21,23,24,26). The molecule has 0 aliphatic carbocycles. The van der Waals surface area contributed by atoms with Crippen LogP contribution < -0.4 is 10.9 Å². The summed E-state index contributed by atoms with van der Waals surface area (Å²) in [5, 5.41) is 11.0. The van der Waals surface area contributed by atoms with Gasteiger partial charge >= 0.3 is 0 Å². The number of ether oxygens (including phenoxy) is 1. The van der Waals surface area contributed by atoms with E-state index in [0.29, 0.717) is 40.8 Å². The van der Waals surface area contributed by atoms with Crippen molar-refractivity contribution < 1.29 is 9.53 Å². The van der Waals surface area contributed by atoms with Gasteiger partial charge in [0, 0.05) is 42.1 Å². The minimum Gasteiger partial charge on any atom is -0.385 e. The highest BCUT2D eigenvalue weighted by Crippen LogP contribution is 2.31. The van der Waals surface area contributed by atoms with Gasteiger partial charge in [-0.05, 0) is 19.4 Å². The molecule has 0 aliphatic heterocycles. The number of methoxy groups -OCH3 is 1. The molecule has 1 amide bonds. The van der Waals surface area contributed by atoms with E-state index in [0.717, 1.165) is 15.8 Å². The Bertz CT molecular complexity index is 1260. The Hall–Kier alpha value is -2.69. The van der Waals surface area contributed by atoms with E-state index in [4.69, 9.17) is 9.72 Å². The molecule has 156 valence electrons. The van der Waals surface area contributed by atoms with Crippen LogP contribution in [0.1, 0.15) is 12.1 Å².